The van der Waals surface area contributed by atoms with Crippen molar-refractivity contribution in [2.24, 2.45) is 11.8 Å². The fourth-order valence-corrected chi connectivity index (χ4v) is 3.02. The average molecular weight is 555 g/mol. The van der Waals surface area contributed by atoms with E-state index in [4.69, 9.17) is 28.8 Å². The molecule has 0 aliphatic heterocycles. The van der Waals surface area contributed by atoms with Crippen LogP contribution in [-0.4, -0.2) is 66.6 Å². The number of aliphatic hydroxyl groups excluding tert-OH is 1. The van der Waals surface area contributed by atoms with Crippen LogP contribution in [0.4, 0.5) is 0 Å². The molecule has 0 aliphatic carbocycles. The SMILES string of the molecule is CC(C)OC(=O)C(CCO)C(=O)OC(C)C.CC(C)OC(=O)C(CCOCc1ccccc1)C(=O)OC(C)C. The molecular weight excluding hydrogens is 508 g/mol. The third kappa shape index (κ3) is 17.3. The van der Waals surface area contributed by atoms with Crippen LogP contribution >= 0.6 is 0 Å². The van der Waals surface area contributed by atoms with Crippen molar-refractivity contribution in [1.29, 1.82) is 0 Å². The van der Waals surface area contributed by atoms with Gasteiger partial charge in [0, 0.05) is 13.2 Å². The summed E-state index contributed by atoms with van der Waals surface area (Å²) >= 11 is 0. The molecule has 10 nitrogen and oxygen atoms in total. The van der Waals surface area contributed by atoms with Gasteiger partial charge >= 0.3 is 23.9 Å². The Morgan fingerprint density at radius 3 is 1.31 bits per heavy atom. The van der Waals surface area contributed by atoms with Gasteiger partial charge in [-0.25, -0.2) is 0 Å². The van der Waals surface area contributed by atoms with Gasteiger partial charge in [-0.1, -0.05) is 30.3 Å². The molecule has 0 bridgehead atoms. The van der Waals surface area contributed by atoms with Crippen molar-refractivity contribution in [3.63, 3.8) is 0 Å². The molecule has 1 rings (SSSR count). The van der Waals surface area contributed by atoms with Crippen molar-refractivity contribution in [1.82, 2.24) is 0 Å². The predicted molar refractivity (Wildman–Crippen MR) is 144 cm³/mol. The average Bonchev–Trinajstić information content (AvgIpc) is 2.81. The van der Waals surface area contributed by atoms with Crippen LogP contribution in [0.25, 0.3) is 0 Å². The van der Waals surface area contributed by atoms with E-state index in [0.29, 0.717) is 6.61 Å². The second-order valence-electron chi connectivity index (χ2n) is 9.89. The van der Waals surface area contributed by atoms with Crippen LogP contribution in [0, 0.1) is 11.8 Å². The van der Waals surface area contributed by atoms with Crippen LogP contribution in [0.2, 0.25) is 0 Å². The number of esters is 4. The summed E-state index contributed by atoms with van der Waals surface area (Å²) in [4.78, 5) is 47.2. The molecule has 0 unspecified atom stereocenters. The van der Waals surface area contributed by atoms with E-state index in [-0.39, 0.29) is 50.5 Å². The Kier molecular flexibility index (Phi) is 18.5. The Morgan fingerprint density at radius 2 is 0.974 bits per heavy atom. The third-order valence-corrected chi connectivity index (χ3v) is 4.63. The second kappa shape index (κ2) is 20.0. The van der Waals surface area contributed by atoms with E-state index in [1.54, 1.807) is 55.4 Å². The first kappa shape index (κ1) is 36.0. The first-order chi connectivity index (χ1) is 18.3. The molecule has 10 heteroatoms. The first-order valence-corrected chi connectivity index (χ1v) is 13.3. The summed E-state index contributed by atoms with van der Waals surface area (Å²) in [6, 6.07) is 9.71. The van der Waals surface area contributed by atoms with Gasteiger partial charge in [0.05, 0.1) is 31.0 Å². The lowest BCUT2D eigenvalue weighted by Gasteiger charge is -2.18. The van der Waals surface area contributed by atoms with Crippen LogP contribution in [0.1, 0.15) is 73.8 Å². The first-order valence-electron chi connectivity index (χ1n) is 13.3. The number of hydrogen-bond donors (Lipinski definition) is 1. The van der Waals surface area contributed by atoms with E-state index in [1.807, 2.05) is 30.3 Å². The number of carbonyl (C=O) groups excluding carboxylic acids is 4. The lowest BCUT2D eigenvalue weighted by atomic mass is 10.1. The van der Waals surface area contributed by atoms with Gasteiger partial charge in [-0.05, 0) is 73.8 Å². The lowest BCUT2D eigenvalue weighted by Crippen LogP contribution is -2.32. The summed E-state index contributed by atoms with van der Waals surface area (Å²) in [6.07, 6.45) is -0.869. The fourth-order valence-electron chi connectivity index (χ4n) is 3.02. The molecule has 0 atom stereocenters. The number of rotatable bonds is 15. The smallest absolute Gasteiger partial charge is 0.320 e. The summed E-state index contributed by atoms with van der Waals surface area (Å²) in [5, 5.41) is 8.79. The molecule has 0 fully saturated rings. The zero-order valence-electron chi connectivity index (χ0n) is 24.5. The number of carbonyl (C=O) groups is 4. The maximum Gasteiger partial charge on any atom is 0.320 e. The van der Waals surface area contributed by atoms with E-state index < -0.39 is 35.7 Å². The molecule has 39 heavy (non-hydrogen) atoms. The van der Waals surface area contributed by atoms with E-state index in [2.05, 4.69) is 0 Å². The molecule has 1 aromatic rings. The Bertz CT molecular complexity index is 805. The van der Waals surface area contributed by atoms with Crippen molar-refractivity contribution < 1.29 is 48.0 Å². The molecule has 0 radical (unpaired) electrons. The summed E-state index contributed by atoms with van der Waals surface area (Å²) < 4.78 is 25.6. The van der Waals surface area contributed by atoms with Crippen molar-refractivity contribution >= 4 is 23.9 Å². The topological polar surface area (TPSA) is 135 Å². The molecule has 0 saturated heterocycles. The molecule has 0 amide bonds. The fraction of sp³-hybridized carbons (Fsp3) is 0.655. The van der Waals surface area contributed by atoms with Gasteiger partial charge in [-0.2, -0.15) is 0 Å². The quantitative estimate of drug-likeness (QED) is 0.147. The van der Waals surface area contributed by atoms with Crippen LogP contribution in [0.3, 0.4) is 0 Å². The van der Waals surface area contributed by atoms with Crippen LogP contribution < -0.4 is 0 Å². The Balaban J connectivity index is 0.000000794. The number of ether oxygens (including phenoxy) is 5. The standard InChI is InChI=1S/C18H26O5.C11H20O5/c1-13(2)22-17(19)16(18(20)23-14(3)4)10-11-21-12-15-8-6-5-7-9-15;1-7(2)15-10(13)9(5-6-12)11(14)16-8(3)4/h5-9,13-14,16H,10-12H2,1-4H3;7-9,12H,5-6H2,1-4H3. The third-order valence-electron chi connectivity index (χ3n) is 4.63. The highest BCUT2D eigenvalue weighted by atomic mass is 16.6. The van der Waals surface area contributed by atoms with Crippen LogP contribution in [-0.2, 0) is 49.5 Å². The van der Waals surface area contributed by atoms with Gasteiger partial charge in [0.25, 0.3) is 0 Å². The molecule has 0 saturated carbocycles. The molecule has 1 N–H and O–H groups in total. The highest BCUT2D eigenvalue weighted by Gasteiger charge is 2.31. The predicted octanol–water partition coefficient (Wildman–Crippen LogP) is 4.00. The van der Waals surface area contributed by atoms with Gasteiger partial charge < -0.3 is 28.8 Å². The van der Waals surface area contributed by atoms with Gasteiger partial charge in [0.1, 0.15) is 0 Å². The van der Waals surface area contributed by atoms with E-state index in [9.17, 15) is 19.2 Å². The monoisotopic (exact) mass is 554 g/mol. The van der Waals surface area contributed by atoms with Gasteiger partial charge in [0.15, 0.2) is 11.8 Å². The highest BCUT2D eigenvalue weighted by molar-refractivity contribution is 5.95. The second-order valence-corrected chi connectivity index (χ2v) is 9.89. The Labute approximate surface area is 232 Å². The number of hydrogen-bond acceptors (Lipinski definition) is 10. The zero-order chi connectivity index (χ0) is 30.0. The van der Waals surface area contributed by atoms with E-state index >= 15 is 0 Å². The Hall–Kier alpha value is -2.98. The van der Waals surface area contributed by atoms with Crippen molar-refractivity contribution in [3.05, 3.63) is 35.9 Å². The lowest BCUT2D eigenvalue weighted by molar-refractivity contribution is -0.169. The number of benzene rings is 1. The maximum atomic E-state index is 12.1. The molecular formula is C29H46O10. The summed E-state index contributed by atoms with van der Waals surface area (Å²) in [7, 11) is 0. The zero-order valence-corrected chi connectivity index (χ0v) is 24.5. The molecule has 0 aromatic heterocycles. The van der Waals surface area contributed by atoms with Gasteiger partial charge in [0.2, 0.25) is 0 Å². The molecule has 0 spiro atoms. The molecule has 0 aliphatic rings. The minimum atomic E-state index is -1.03. The molecule has 0 heterocycles. The maximum absolute atomic E-state index is 12.1. The summed E-state index contributed by atoms with van der Waals surface area (Å²) in [5.41, 5.74) is 1.04. The minimum absolute atomic E-state index is 0.0249. The van der Waals surface area contributed by atoms with Gasteiger partial charge in [-0.3, -0.25) is 19.2 Å². The van der Waals surface area contributed by atoms with E-state index in [1.165, 1.54) is 0 Å². The normalized spacial score (nSPS) is 11.1. The van der Waals surface area contributed by atoms with Crippen molar-refractivity contribution in [3.8, 4) is 0 Å². The van der Waals surface area contributed by atoms with Crippen molar-refractivity contribution in [2.45, 2.75) is 99.3 Å². The molecule has 222 valence electrons. The van der Waals surface area contributed by atoms with E-state index in [0.717, 1.165) is 5.56 Å². The number of aliphatic hydroxyl groups is 1. The minimum Gasteiger partial charge on any atom is -0.462 e. The Morgan fingerprint density at radius 1 is 0.615 bits per heavy atom. The van der Waals surface area contributed by atoms with Crippen LogP contribution in [0.15, 0.2) is 30.3 Å². The van der Waals surface area contributed by atoms with Gasteiger partial charge in [-0.15, -0.1) is 0 Å². The summed E-state index contributed by atoms with van der Waals surface area (Å²) in [5.74, 6) is -4.39. The largest absolute Gasteiger partial charge is 0.462 e. The summed E-state index contributed by atoms with van der Waals surface area (Å²) in [6.45, 7) is 14.2. The molecule has 1 aromatic carbocycles. The highest BCUT2D eigenvalue weighted by Crippen LogP contribution is 2.13. The van der Waals surface area contributed by atoms with Crippen LogP contribution in [0.5, 0.6) is 0 Å². The van der Waals surface area contributed by atoms with Crippen molar-refractivity contribution in [2.75, 3.05) is 13.2 Å².